The van der Waals surface area contributed by atoms with Gasteiger partial charge in [-0.2, -0.15) is 0 Å². The zero-order valence-electron chi connectivity index (χ0n) is 8.05. The number of hydrogen-bond acceptors (Lipinski definition) is 2. The topological polar surface area (TPSA) is 9.23 Å². The van der Waals surface area contributed by atoms with Gasteiger partial charge in [-0.25, -0.2) is 0 Å². The summed E-state index contributed by atoms with van der Waals surface area (Å²) in [5, 5.41) is 1.29. The van der Waals surface area contributed by atoms with Gasteiger partial charge in [-0.1, -0.05) is 6.07 Å². The Morgan fingerprint density at radius 2 is 1.92 bits per heavy atom. The van der Waals surface area contributed by atoms with Gasteiger partial charge < -0.3 is 4.74 Å². The molecule has 0 spiro atoms. The standard InChI is InChI=1S/C11H12OS/c1-7-4-9-6-8(2)13-11(9)10(5-7)12-3/h4-6H,1-3H3. The van der Waals surface area contributed by atoms with Gasteiger partial charge in [-0.15, -0.1) is 11.3 Å². The molecule has 0 saturated carbocycles. The molecule has 2 rings (SSSR count). The van der Waals surface area contributed by atoms with Crippen LogP contribution in [0.15, 0.2) is 18.2 Å². The molecule has 0 aliphatic heterocycles. The van der Waals surface area contributed by atoms with E-state index in [0.29, 0.717) is 0 Å². The van der Waals surface area contributed by atoms with Crippen molar-refractivity contribution in [2.75, 3.05) is 7.11 Å². The summed E-state index contributed by atoms with van der Waals surface area (Å²) in [6.07, 6.45) is 0. The molecule has 0 N–H and O–H groups in total. The molecule has 1 aromatic carbocycles. The number of aryl methyl sites for hydroxylation is 2. The second kappa shape index (κ2) is 3.04. The third kappa shape index (κ3) is 1.42. The summed E-state index contributed by atoms with van der Waals surface area (Å²) < 4.78 is 6.59. The predicted molar refractivity (Wildman–Crippen MR) is 57.9 cm³/mol. The number of fused-ring (bicyclic) bond motifs is 1. The number of benzene rings is 1. The molecule has 0 radical (unpaired) electrons. The summed E-state index contributed by atoms with van der Waals surface area (Å²) in [7, 11) is 1.73. The first-order valence-electron chi connectivity index (χ1n) is 4.25. The molecule has 68 valence electrons. The highest BCUT2D eigenvalue weighted by atomic mass is 32.1. The predicted octanol–water partition coefficient (Wildman–Crippen LogP) is 3.53. The third-order valence-electron chi connectivity index (χ3n) is 2.07. The van der Waals surface area contributed by atoms with E-state index in [1.54, 1.807) is 18.4 Å². The third-order valence-corrected chi connectivity index (χ3v) is 3.15. The number of thiophene rings is 1. The molecule has 0 saturated heterocycles. The second-order valence-electron chi connectivity index (χ2n) is 3.24. The Morgan fingerprint density at radius 3 is 2.62 bits per heavy atom. The first kappa shape index (κ1) is 8.57. The zero-order valence-corrected chi connectivity index (χ0v) is 8.87. The number of hydrogen-bond donors (Lipinski definition) is 0. The van der Waals surface area contributed by atoms with Crippen LogP contribution in [0.1, 0.15) is 10.4 Å². The van der Waals surface area contributed by atoms with Crippen LogP contribution >= 0.6 is 11.3 Å². The Hall–Kier alpha value is -1.02. The van der Waals surface area contributed by atoms with Crippen molar-refractivity contribution in [1.29, 1.82) is 0 Å². The fourth-order valence-corrected chi connectivity index (χ4v) is 2.53. The van der Waals surface area contributed by atoms with E-state index in [2.05, 4.69) is 32.0 Å². The summed E-state index contributed by atoms with van der Waals surface area (Å²) in [6, 6.07) is 6.48. The average molecular weight is 192 g/mol. The Bertz CT molecular complexity index is 443. The van der Waals surface area contributed by atoms with Gasteiger partial charge in [0.05, 0.1) is 11.8 Å². The van der Waals surface area contributed by atoms with Crippen molar-refractivity contribution in [3.63, 3.8) is 0 Å². The zero-order chi connectivity index (χ0) is 9.42. The van der Waals surface area contributed by atoms with Crippen molar-refractivity contribution < 1.29 is 4.74 Å². The molecular weight excluding hydrogens is 180 g/mol. The van der Waals surface area contributed by atoms with E-state index in [4.69, 9.17) is 4.74 Å². The van der Waals surface area contributed by atoms with Gasteiger partial charge in [0.1, 0.15) is 5.75 Å². The largest absolute Gasteiger partial charge is 0.495 e. The van der Waals surface area contributed by atoms with Crippen LogP contribution in [-0.2, 0) is 0 Å². The summed E-state index contributed by atoms with van der Waals surface area (Å²) in [5.74, 6) is 0.994. The van der Waals surface area contributed by atoms with Crippen molar-refractivity contribution in [3.8, 4) is 5.75 Å². The van der Waals surface area contributed by atoms with Gasteiger partial charge >= 0.3 is 0 Å². The van der Waals surface area contributed by atoms with E-state index in [1.165, 1.54) is 20.5 Å². The van der Waals surface area contributed by atoms with Gasteiger partial charge in [0.25, 0.3) is 0 Å². The lowest BCUT2D eigenvalue weighted by Crippen LogP contribution is -1.83. The maximum atomic E-state index is 5.33. The number of rotatable bonds is 1. The first-order chi connectivity index (χ1) is 6.20. The van der Waals surface area contributed by atoms with Crippen LogP contribution in [-0.4, -0.2) is 7.11 Å². The fraction of sp³-hybridized carbons (Fsp3) is 0.273. The van der Waals surface area contributed by atoms with Crippen molar-refractivity contribution >= 4 is 21.4 Å². The van der Waals surface area contributed by atoms with Crippen molar-refractivity contribution in [1.82, 2.24) is 0 Å². The van der Waals surface area contributed by atoms with Crippen LogP contribution in [0.2, 0.25) is 0 Å². The minimum atomic E-state index is 0.994. The number of ether oxygens (including phenoxy) is 1. The molecule has 2 heteroatoms. The molecule has 13 heavy (non-hydrogen) atoms. The minimum absolute atomic E-state index is 0.994. The van der Waals surface area contributed by atoms with E-state index >= 15 is 0 Å². The Morgan fingerprint density at radius 1 is 1.15 bits per heavy atom. The molecule has 2 aromatic rings. The summed E-state index contributed by atoms with van der Waals surface area (Å²) in [5.41, 5.74) is 1.25. The van der Waals surface area contributed by atoms with E-state index in [-0.39, 0.29) is 0 Å². The maximum Gasteiger partial charge on any atom is 0.136 e. The van der Waals surface area contributed by atoms with E-state index < -0.39 is 0 Å². The van der Waals surface area contributed by atoms with E-state index in [9.17, 15) is 0 Å². The number of methoxy groups -OCH3 is 1. The van der Waals surface area contributed by atoms with Gasteiger partial charge in [-0.05, 0) is 36.9 Å². The summed E-state index contributed by atoms with van der Waals surface area (Å²) in [4.78, 5) is 1.33. The highest BCUT2D eigenvalue weighted by Gasteiger charge is 2.05. The molecule has 0 fully saturated rings. The Kier molecular flexibility index (Phi) is 2.00. The quantitative estimate of drug-likeness (QED) is 0.671. The lowest BCUT2D eigenvalue weighted by molar-refractivity contribution is 0.420. The van der Waals surface area contributed by atoms with Crippen molar-refractivity contribution in [2.45, 2.75) is 13.8 Å². The molecule has 1 nitrogen and oxygen atoms in total. The van der Waals surface area contributed by atoms with Crippen LogP contribution < -0.4 is 4.74 Å². The second-order valence-corrected chi connectivity index (χ2v) is 4.50. The Labute approximate surface area is 82.0 Å². The first-order valence-corrected chi connectivity index (χ1v) is 5.07. The maximum absolute atomic E-state index is 5.33. The lowest BCUT2D eigenvalue weighted by Gasteiger charge is -2.02. The summed E-state index contributed by atoms with van der Waals surface area (Å²) in [6.45, 7) is 4.22. The van der Waals surface area contributed by atoms with E-state index in [1.807, 2.05) is 0 Å². The molecule has 0 amide bonds. The Balaban J connectivity index is 2.80. The van der Waals surface area contributed by atoms with Crippen LogP contribution in [0, 0.1) is 13.8 Å². The minimum Gasteiger partial charge on any atom is -0.495 e. The van der Waals surface area contributed by atoms with Gasteiger partial charge in [-0.3, -0.25) is 0 Å². The molecular formula is C11H12OS. The normalized spacial score (nSPS) is 10.7. The molecule has 0 aliphatic rings. The van der Waals surface area contributed by atoms with Gasteiger partial charge in [0.2, 0.25) is 0 Å². The van der Waals surface area contributed by atoms with Crippen molar-refractivity contribution in [3.05, 3.63) is 28.6 Å². The van der Waals surface area contributed by atoms with E-state index in [0.717, 1.165) is 5.75 Å². The lowest BCUT2D eigenvalue weighted by atomic mass is 10.2. The highest BCUT2D eigenvalue weighted by Crippen LogP contribution is 2.34. The molecule has 1 aromatic heterocycles. The monoisotopic (exact) mass is 192 g/mol. The van der Waals surface area contributed by atoms with Crippen LogP contribution in [0.4, 0.5) is 0 Å². The highest BCUT2D eigenvalue weighted by molar-refractivity contribution is 7.19. The fourth-order valence-electron chi connectivity index (χ4n) is 1.54. The van der Waals surface area contributed by atoms with Gasteiger partial charge in [0, 0.05) is 4.88 Å². The molecule has 1 heterocycles. The van der Waals surface area contributed by atoms with Crippen LogP contribution in [0.5, 0.6) is 5.75 Å². The van der Waals surface area contributed by atoms with Crippen LogP contribution in [0.25, 0.3) is 10.1 Å². The molecule has 0 bridgehead atoms. The smallest absolute Gasteiger partial charge is 0.136 e. The average Bonchev–Trinajstić information content (AvgIpc) is 2.43. The molecule has 0 unspecified atom stereocenters. The van der Waals surface area contributed by atoms with Gasteiger partial charge in [0.15, 0.2) is 0 Å². The van der Waals surface area contributed by atoms with Crippen LogP contribution in [0.3, 0.4) is 0 Å². The molecule has 0 aliphatic carbocycles. The summed E-state index contributed by atoms with van der Waals surface area (Å²) >= 11 is 1.79. The molecule has 0 atom stereocenters. The SMILES string of the molecule is COc1cc(C)cc2cc(C)sc12. The van der Waals surface area contributed by atoms with Crippen molar-refractivity contribution in [2.24, 2.45) is 0 Å².